The fourth-order valence-electron chi connectivity index (χ4n) is 3.72. The van der Waals surface area contributed by atoms with E-state index in [0.29, 0.717) is 29.1 Å². The lowest BCUT2D eigenvalue weighted by Crippen LogP contribution is -2.24. The summed E-state index contributed by atoms with van der Waals surface area (Å²) >= 11 is 0. The molecule has 2 aromatic rings. The highest BCUT2D eigenvalue weighted by Crippen LogP contribution is 2.38. The molecule has 0 saturated heterocycles. The first-order valence-electron chi connectivity index (χ1n) is 8.86. The number of carbonyl (C=O) groups is 3. The van der Waals surface area contributed by atoms with Crippen LogP contribution >= 0.6 is 0 Å². The Hall–Kier alpha value is -2.69. The van der Waals surface area contributed by atoms with Gasteiger partial charge in [0.25, 0.3) is 0 Å². The SMILES string of the molecule is CCOC(=O)c1c2c(n(CC)c1C(C)(C)C)C(=O)c1ccccc1C2=O. The Bertz CT molecular complexity index is 928. The molecule has 1 aromatic carbocycles. The molecule has 0 amide bonds. The maximum absolute atomic E-state index is 13.2. The Labute approximate surface area is 153 Å². The number of fused-ring (bicyclic) bond motifs is 2. The van der Waals surface area contributed by atoms with Gasteiger partial charge in [-0.2, -0.15) is 0 Å². The third-order valence-electron chi connectivity index (χ3n) is 4.63. The monoisotopic (exact) mass is 353 g/mol. The van der Waals surface area contributed by atoms with Crippen molar-refractivity contribution in [3.63, 3.8) is 0 Å². The summed E-state index contributed by atoms with van der Waals surface area (Å²) in [7, 11) is 0. The van der Waals surface area contributed by atoms with Crippen molar-refractivity contribution in [3.8, 4) is 0 Å². The Balaban J connectivity index is 2.43. The highest BCUT2D eigenvalue weighted by atomic mass is 16.5. The van der Waals surface area contributed by atoms with Gasteiger partial charge in [-0.1, -0.05) is 45.0 Å². The lowest BCUT2D eigenvalue weighted by atomic mass is 9.84. The minimum Gasteiger partial charge on any atom is -0.462 e. The zero-order valence-corrected chi connectivity index (χ0v) is 15.8. The molecular formula is C21H23NO4. The van der Waals surface area contributed by atoms with E-state index in [9.17, 15) is 14.4 Å². The van der Waals surface area contributed by atoms with E-state index in [2.05, 4.69) is 0 Å². The molecule has 5 nitrogen and oxygen atoms in total. The second-order valence-corrected chi connectivity index (χ2v) is 7.37. The molecule has 5 heteroatoms. The molecule has 0 radical (unpaired) electrons. The molecule has 0 saturated carbocycles. The minimum absolute atomic E-state index is 0.180. The van der Waals surface area contributed by atoms with Crippen LogP contribution in [-0.2, 0) is 16.7 Å². The maximum Gasteiger partial charge on any atom is 0.340 e. The average molecular weight is 353 g/mol. The van der Waals surface area contributed by atoms with Crippen LogP contribution in [0, 0.1) is 0 Å². The van der Waals surface area contributed by atoms with Crippen LogP contribution in [0.3, 0.4) is 0 Å². The van der Waals surface area contributed by atoms with Crippen molar-refractivity contribution >= 4 is 17.5 Å². The number of hydrogen-bond donors (Lipinski definition) is 0. The third kappa shape index (κ3) is 2.50. The molecule has 0 spiro atoms. The van der Waals surface area contributed by atoms with Crippen molar-refractivity contribution in [2.45, 2.75) is 46.6 Å². The average Bonchev–Trinajstić information content (AvgIpc) is 2.96. The Morgan fingerprint density at radius 3 is 2.12 bits per heavy atom. The highest BCUT2D eigenvalue weighted by Gasteiger charge is 2.42. The van der Waals surface area contributed by atoms with Crippen LogP contribution in [0.4, 0.5) is 0 Å². The van der Waals surface area contributed by atoms with Crippen molar-refractivity contribution < 1.29 is 19.1 Å². The quantitative estimate of drug-likeness (QED) is 0.673. The molecule has 0 unspecified atom stereocenters. The second-order valence-electron chi connectivity index (χ2n) is 7.37. The Morgan fingerprint density at radius 1 is 1.04 bits per heavy atom. The summed E-state index contributed by atoms with van der Waals surface area (Å²) in [6.07, 6.45) is 0. The van der Waals surface area contributed by atoms with Gasteiger partial charge in [-0.15, -0.1) is 0 Å². The lowest BCUT2D eigenvalue weighted by Gasteiger charge is -2.23. The summed E-state index contributed by atoms with van der Waals surface area (Å²) in [5, 5.41) is 0. The van der Waals surface area contributed by atoms with Crippen LogP contribution in [-0.4, -0.2) is 28.7 Å². The number of nitrogens with zero attached hydrogens (tertiary/aromatic N) is 1. The van der Waals surface area contributed by atoms with Crippen molar-refractivity contribution in [2.75, 3.05) is 6.61 Å². The van der Waals surface area contributed by atoms with Gasteiger partial charge in [0.1, 0.15) is 5.69 Å². The third-order valence-corrected chi connectivity index (χ3v) is 4.63. The van der Waals surface area contributed by atoms with Crippen LogP contribution in [0.5, 0.6) is 0 Å². The summed E-state index contributed by atoms with van der Waals surface area (Å²) in [6.45, 7) is 10.2. The highest BCUT2D eigenvalue weighted by molar-refractivity contribution is 6.30. The van der Waals surface area contributed by atoms with Gasteiger partial charge in [-0.3, -0.25) is 9.59 Å². The van der Waals surface area contributed by atoms with Crippen LogP contribution in [0.25, 0.3) is 0 Å². The number of rotatable bonds is 3. The standard InChI is InChI=1S/C21H23NO4/c1-6-22-16-14(15(20(25)26-7-2)19(22)21(3,4)5)17(23)12-10-8-9-11-13(12)18(16)24/h8-11H,6-7H2,1-5H3. The Morgan fingerprint density at radius 2 is 1.62 bits per heavy atom. The van der Waals surface area contributed by atoms with Crippen LogP contribution < -0.4 is 0 Å². The van der Waals surface area contributed by atoms with Crippen molar-refractivity contribution in [2.24, 2.45) is 0 Å². The minimum atomic E-state index is -0.554. The molecule has 0 N–H and O–H groups in total. The van der Waals surface area contributed by atoms with Crippen molar-refractivity contribution in [1.29, 1.82) is 0 Å². The van der Waals surface area contributed by atoms with Crippen LogP contribution in [0.2, 0.25) is 0 Å². The molecule has 1 aliphatic rings. The molecule has 1 aromatic heterocycles. The molecular weight excluding hydrogens is 330 g/mol. The van der Waals surface area contributed by atoms with E-state index in [4.69, 9.17) is 4.74 Å². The summed E-state index contributed by atoms with van der Waals surface area (Å²) in [4.78, 5) is 39.2. The smallest absolute Gasteiger partial charge is 0.340 e. The number of aromatic nitrogens is 1. The predicted octanol–water partition coefficient (Wildman–Crippen LogP) is 3.76. The van der Waals surface area contributed by atoms with E-state index in [1.54, 1.807) is 35.8 Å². The summed E-state index contributed by atoms with van der Waals surface area (Å²) in [5.41, 5.74) is 1.64. The van der Waals surface area contributed by atoms with Gasteiger partial charge in [-0.05, 0) is 13.8 Å². The molecule has 136 valence electrons. The van der Waals surface area contributed by atoms with E-state index >= 15 is 0 Å². The molecule has 1 aliphatic carbocycles. The van der Waals surface area contributed by atoms with Crippen molar-refractivity contribution in [3.05, 3.63) is 57.9 Å². The van der Waals surface area contributed by atoms with Gasteiger partial charge < -0.3 is 9.30 Å². The predicted molar refractivity (Wildman–Crippen MR) is 98.1 cm³/mol. The fraction of sp³-hybridized carbons (Fsp3) is 0.381. The van der Waals surface area contributed by atoms with Gasteiger partial charge in [0.05, 0.1) is 17.7 Å². The molecule has 0 bridgehead atoms. The lowest BCUT2D eigenvalue weighted by molar-refractivity contribution is 0.0520. The number of ketones is 2. The molecule has 0 aliphatic heterocycles. The van der Waals surface area contributed by atoms with E-state index in [1.807, 2.05) is 27.7 Å². The normalized spacial score (nSPS) is 13.4. The number of ether oxygens (including phenoxy) is 1. The van der Waals surface area contributed by atoms with E-state index in [0.717, 1.165) is 0 Å². The number of carbonyl (C=O) groups excluding carboxylic acids is 3. The van der Waals surface area contributed by atoms with E-state index < -0.39 is 11.4 Å². The van der Waals surface area contributed by atoms with Gasteiger partial charge in [0, 0.05) is 28.8 Å². The van der Waals surface area contributed by atoms with Gasteiger partial charge in [-0.25, -0.2) is 4.79 Å². The molecule has 26 heavy (non-hydrogen) atoms. The van der Waals surface area contributed by atoms with E-state index in [1.165, 1.54) is 0 Å². The van der Waals surface area contributed by atoms with E-state index in [-0.39, 0.29) is 29.3 Å². The number of hydrogen-bond acceptors (Lipinski definition) is 4. The first-order valence-corrected chi connectivity index (χ1v) is 8.86. The zero-order valence-electron chi connectivity index (χ0n) is 15.8. The Kier molecular flexibility index (Phi) is 4.34. The van der Waals surface area contributed by atoms with Gasteiger partial charge >= 0.3 is 5.97 Å². The van der Waals surface area contributed by atoms with Gasteiger partial charge in [0.15, 0.2) is 5.78 Å². The number of esters is 1. The van der Waals surface area contributed by atoms with Crippen molar-refractivity contribution in [1.82, 2.24) is 4.57 Å². The van der Waals surface area contributed by atoms with Crippen LogP contribution in [0.15, 0.2) is 24.3 Å². The summed E-state index contributed by atoms with van der Waals surface area (Å²) < 4.78 is 7.05. The largest absolute Gasteiger partial charge is 0.462 e. The van der Waals surface area contributed by atoms with Crippen LogP contribution in [0.1, 0.15) is 82.6 Å². The van der Waals surface area contributed by atoms with Gasteiger partial charge in [0.2, 0.25) is 5.78 Å². The molecule has 0 atom stereocenters. The summed E-state index contributed by atoms with van der Waals surface area (Å²) in [5.74, 6) is -1.07. The fourth-order valence-corrected chi connectivity index (χ4v) is 3.72. The molecule has 3 rings (SSSR count). The first-order chi connectivity index (χ1) is 12.2. The first kappa shape index (κ1) is 18.1. The second kappa shape index (κ2) is 6.24. The maximum atomic E-state index is 13.2. The zero-order chi connectivity index (χ0) is 19.2. The molecule has 0 fully saturated rings. The topological polar surface area (TPSA) is 65.4 Å². The number of benzene rings is 1. The molecule has 1 heterocycles. The summed E-state index contributed by atoms with van der Waals surface area (Å²) in [6, 6.07) is 6.76.